The quantitative estimate of drug-likeness (QED) is 0.488. The Hall–Kier alpha value is -1.47. The van der Waals surface area contributed by atoms with Crippen molar-refractivity contribution in [1.29, 1.82) is 0 Å². The van der Waals surface area contributed by atoms with Gasteiger partial charge in [0.1, 0.15) is 0 Å². The minimum atomic E-state index is -4.21. The SMILES string of the molecule is CCCC(C)N(N=O)c1ccc(S(=O)(=O)O)cc1. The zero-order chi connectivity index (χ0) is 13.8. The molecule has 1 N–H and O–H groups in total. The number of hydrogen-bond acceptors (Lipinski definition) is 4. The summed E-state index contributed by atoms with van der Waals surface area (Å²) >= 11 is 0. The molecule has 0 aliphatic carbocycles. The van der Waals surface area contributed by atoms with Crippen LogP contribution in [-0.4, -0.2) is 19.0 Å². The summed E-state index contributed by atoms with van der Waals surface area (Å²) in [4.78, 5) is 10.6. The molecule has 18 heavy (non-hydrogen) atoms. The first-order valence-electron chi connectivity index (χ1n) is 5.60. The van der Waals surface area contributed by atoms with Crippen LogP contribution in [0, 0.1) is 4.91 Å². The highest BCUT2D eigenvalue weighted by Gasteiger charge is 2.16. The largest absolute Gasteiger partial charge is 0.294 e. The average Bonchev–Trinajstić information content (AvgIpc) is 2.30. The van der Waals surface area contributed by atoms with Crippen LogP contribution < -0.4 is 5.01 Å². The molecule has 0 fully saturated rings. The normalized spacial score (nSPS) is 13.1. The molecule has 1 aromatic carbocycles. The summed E-state index contributed by atoms with van der Waals surface area (Å²) in [6, 6.07) is 5.29. The molecule has 100 valence electrons. The first-order valence-corrected chi connectivity index (χ1v) is 7.04. The highest BCUT2D eigenvalue weighted by atomic mass is 32.2. The van der Waals surface area contributed by atoms with E-state index in [1.165, 1.54) is 29.3 Å². The summed E-state index contributed by atoms with van der Waals surface area (Å²) in [5, 5.41) is 4.23. The lowest BCUT2D eigenvalue weighted by Crippen LogP contribution is -2.27. The molecule has 0 heterocycles. The van der Waals surface area contributed by atoms with E-state index >= 15 is 0 Å². The number of benzene rings is 1. The molecular formula is C11H16N2O4S. The van der Waals surface area contributed by atoms with Crippen LogP contribution in [0.15, 0.2) is 34.4 Å². The maximum absolute atomic E-state index is 10.9. The third-order valence-corrected chi connectivity index (χ3v) is 3.48. The predicted octanol–water partition coefficient (Wildman–Crippen LogP) is 2.61. The van der Waals surface area contributed by atoms with Crippen molar-refractivity contribution in [3.8, 4) is 0 Å². The zero-order valence-electron chi connectivity index (χ0n) is 10.3. The molecule has 0 aromatic heterocycles. The van der Waals surface area contributed by atoms with Gasteiger partial charge in [-0.05, 0) is 37.6 Å². The third kappa shape index (κ3) is 3.51. The Morgan fingerprint density at radius 3 is 2.28 bits per heavy atom. The second kappa shape index (κ2) is 5.92. The molecule has 0 saturated heterocycles. The fraction of sp³-hybridized carbons (Fsp3) is 0.455. The molecule has 6 nitrogen and oxygen atoms in total. The predicted molar refractivity (Wildman–Crippen MR) is 68.9 cm³/mol. The Balaban J connectivity index is 2.99. The molecule has 0 radical (unpaired) electrons. The highest BCUT2D eigenvalue weighted by Crippen LogP contribution is 2.21. The van der Waals surface area contributed by atoms with E-state index in [0.717, 1.165) is 12.8 Å². The number of hydrogen-bond donors (Lipinski definition) is 1. The van der Waals surface area contributed by atoms with E-state index in [1.807, 2.05) is 13.8 Å². The van der Waals surface area contributed by atoms with Gasteiger partial charge in [-0.25, -0.2) is 5.01 Å². The van der Waals surface area contributed by atoms with Crippen LogP contribution in [0.3, 0.4) is 0 Å². The molecule has 0 spiro atoms. The standard InChI is InChI=1S/C11H16N2O4S/c1-3-4-9(2)13(12-14)10-5-7-11(8-6-10)18(15,16)17/h5-9H,3-4H2,1-2H3,(H,15,16,17). The Morgan fingerprint density at radius 2 is 1.89 bits per heavy atom. The summed E-state index contributed by atoms with van der Waals surface area (Å²) < 4.78 is 30.6. The summed E-state index contributed by atoms with van der Waals surface area (Å²) in [7, 11) is -4.21. The maximum atomic E-state index is 10.9. The smallest absolute Gasteiger partial charge is 0.282 e. The van der Waals surface area contributed by atoms with Gasteiger partial charge < -0.3 is 0 Å². The Morgan fingerprint density at radius 1 is 1.33 bits per heavy atom. The van der Waals surface area contributed by atoms with Crippen molar-refractivity contribution in [2.45, 2.75) is 37.6 Å². The first kappa shape index (κ1) is 14.6. The van der Waals surface area contributed by atoms with Gasteiger partial charge in [0.25, 0.3) is 10.1 Å². The molecule has 1 aromatic rings. The molecule has 0 aliphatic rings. The van der Waals surface area contributed by atoms with Crippen LogP contribution in [0.1, 0.15) is 26.7 Å². The van der Waals surface area contributed by atoms with E-state index < -0.39 is 10.1 Å². The maximum Gasteiger partial charge on any atom is 0.294 e. The van der Waals surface area contributed by atoms with Gasteiger partial charge in [-0.1, -0.05) is 13.3 Å². The average molecular weight is 272 g/mol. The highest BCUT2D eigenvalue weighted by molar-refractivity contribution is 7.85. The fourth-order valence-electron chi connectivity index (χ4n) is 1.69. The zero-order valence-corrected chi connectivity index (χ0v) is 11.1. The van der Waals surface area contributed by atoms with E-state index in [0.29, 0.717) is 5.69 Å². The van der Waals surface area contributed by atoms with E-state index in [2.05, 4.69) is 5.29 Å². The summed E-state index contributed by atoms with van der Waals surface area (Å²) in [5.41, 5.74) is 0.498. The van der Waals surface area contributed by atoms with Gasteiger partial charge in [-0.2, -0.15) is 8.42 Å². The summed E-state index contributed by atoms with van der Waals surface area (Å²) in [6.07, 6.45) is 1.71. The van der Waals surface area contributed by atoms with E-state index in [1.54, 1.807) is 0 Å². The molecule has 0 saturated carbocycles. The van der Waals surface area contributed by atoms with Crippen LogP contribution in [0.5, 0.6) is 0 Å². The first-order chi connectivity index (χ1) is 8.40. The van der Waals surface area contributed by atoms with Crippen molar-refractivity contribution in [1.82, 2.24) is 0 Å². The lowest BCUT2D eigenvalue weighted by molar-refractivity contribution is 0.483. The van der Waals surface area contributed by atoms with Gasteiger partial charge in [0.2, 0.25) is 0 Å². The molecule has 0 bridgehead atoms. The van der Waals surface area contributed by atoms with Crippen LogP contribution >= 0.6 is 0 Å². The molecular weight excluding hydrogens is 256 g/mol. The van der Waals surface area contributed by atoms with Gasteiger partial charge in [0, 0.05) is 0 Å². The second-order valence-corrected chi connectivity index (χ2v) is 5.45. The molecule has 1 rings (SSSR count). The molecule has 0 amide bonds. The van der Waals surface area contributed by atoms with Crippen molar-refractivity contribution >= 4 is 15.8 Å². The number of rotatable bonds is 6. The van der Waals surface area contributed by atoms with Crippen molar-refractivity contribution < 1.29 is 13.0 Å². The van der Waals surface area contributed by atoms with Crippen molar-refractivity contribution in [3.63, 3.8) is 0 Å². The minimum Gasteiger partial charge on any atom is -0.282 e. The lowest BCUT2D eigenvalue weighted by atomic mass is 10.1. The van der Waals surface area contributed by atoms with Crippen LogP contribution in [0.4, 0.5) is 5.69 Å². The van der Waals surface area contributed by atoms with Crippen molar-refractivity contribution in [3.05, 3.63) is 29.2 Å². The van der Waals surface area contributed by atoms with E-state index in [9.17, 15) is 13.3 Å². The van der Waals surface area contributed by atoms with Crippen LogP contribution in [0.2, 0.25) is 0 Å². The monoisotopic (exact) mass is 272 g/mol. The number of nitroso groups, excluding NO2 is 1. The van der Waals surface area contributed by atoms with Crippen molar-refractivity contribution in [2.24, 2.45) is 5.29 Å². The minimum absolute atomic E-state index is 0.0657. The summed E-state index contributed by atoms with van der Waals surface area (Å²) in [6.45, 7) is 3.86. The van der Waals surface area contributed by atoms with Crippen molar-refractivity contribution in [2.75, 3.05) is 5.01 Å². The molecule has 1 atom stereocenters. The van der Waals surface area contributed by atoms with Gasteiger partial charge >= 0.3 is 0 Å². The van der Waals surface area contributed by atoms with Gasteiger partial charge in [0.05, 0.1) is 21.9 Å². The summed E-state index contributed by atoms with van der Waals surface area (Å²) in [5.74, 6) is 0. The van der Waals surface area contributed by atoms with Crippen LogP contribution in [-0.2, 0) is 10.1 Å². The Kier molecular flexibility index (Phi) is 4.80. The Labute approximate surface area is 106 Å². The van der Waals surface area contributed by atoms with Crippen LogP contribution in [0.25, 0.3) is 0 Å². The van der Waals surface area contributed by atoms with Gasteiger partial charge in [-0.3, -0.25) is 4.55 Å². The Bertz CT molecular complexity index is 498. The van der Waals surface area contributed by atoms with E-state index in [4.69, 9.17) is 4.55 Å². The van der Waals surface area contributed by atoms with Gasteiger partial charge in [-0.15, -0.1) is 4.91 Å². The lowest BCUT2D eigenvalue weighted by Gasteiger charge is -2.22. The van der Waals surface area contributed by atoms with E-state index in [-0.39, 0.29) is 10.9 Å². The number of nitrogens with zero attached hydrogens (tertiary/aromatic N) is 2. The second-order valence-electron chi connectivity index (χ2n) is 4.03. The molecule has 1 unspecified atom stereocenters. The molecule has 0 aliphatic heterocycles. The van der Waals surface area contributed by atoms with Gasteiger partial charge in [0.15, 0.2) is 0 Å². The molecule has 7 heteroatoms. The third-order valence-electron chi connectivity index (χ3n) is 2.61. The topological polar surface area (TPSA) is 87.0 Å². The fourth-order valence-corrected chi connectivity index (χ4v) is 2.17. The number of anilines is 1.